The predicted molar refractivity (Wildman–Crippen MR) is 83.7 cm³/mol. The van der Waals surface area contributed by atoms with E-state index in [0.717, 1.165) is 11.3 Å². The van der Waals surface area contributed by atoms with E-state index in [2.05, 4.69) is 9.82 Å². The van der Waals surface area contributed by atoms with Crippen LogP contribution in [0, 0.1) is 11.3 Å². The van der Waals surface area contributed by atoms with Gasteiger partial charge in [-0.05, 0) is 37.1 Å². The number of hydrogen-bond donors (Lipinski definition) is 1. The van der Waals surface area contributed by atoms with Gasteiger partial charge in [-0.15, -0.1) is 0 Å². The molecule has 0 bridgehead atoms. The first-order valence-electron chi connectivity index (χ1n) is 6.99. The largest absolute Gasteiger partial charge is 0.241 e. The number of nitriles is 1. The minimum atomic E-state index is -3.39. The van der Waals surface area contributed by atoms with Gasteiger partial charge in [0.1, 0.15) is 0 Å². The molecular formula is C15H18N4O2S. The van der Waals surface area contributed by atoms with Crippen LogP contribution in [-0.4, -0.2) is 24.0 Å². The molecule has 0 fully saturated rings. The van der Waals surface area contributed by atoms with E-state index in [0.29, 0.717) is 6.42 Å². The summed E-state index contributed by atoms with van der Waals surface area (Å²) in [5, 5.41) is 12.6. The lowest BCUT2D eigenvalue weighted by molar-refractivity contribution is 0.564. The Labute approximate surface area is 130 Å². The quantitative estimate of drug-likeness (QED) is 0.792. The minimum absolute atomic E-state index is 0.0379. The molecular weight excluding hydrogens is 300 g/mol. The lowest BCUT2D eigenvalue weighted by atomic mass is 10.1. The van der Waals surface area contributed by atoms with Crippen LogP contribution in [0.1, 0.15) is 31.4 Å². The smallest absolute Gasteiger partial charge is 0.212 e. The van der Waals surface area contributed by atoms with Crippen molar-refractivity contribution in [2.75, 3.05) is 5.75 Å². The van der Waals surface area contributed by atoms with E-state index in [-0.39, 0.29) is 18.2 Å². The summed E-state index contributed by atoms with van der Waals surface area (Å²) < 4.78 is 28.3. The number of benzene rings is 1. The Kier molecular flexibility index (Phi) is 5.31. The molecule has 1 N–H and O–H groups in total. The van der Waals surface area contributed by atoms with Crippen LogP contribution >= 0.6 is 0 Å². The second kappa shape index (κ2) is 7.20. The van der Waals surface area contributed by atoms with E-state index < -0.39 is 10.0 Å². The molecule has 0 radical (unpaired) electrons. The first-order valence-corrected chi connectivity index (χ1v) is 8.64. The number of aromatic nitrogens is 2. The molecule has 1 aromatic carbocycles. The molecule has 2 aromatic rings. The number of unbranched alkanes of at least 4 members (excludes halogenated alkanes) is 1. The van der Waals surface area contributed by atoms with Crippen molar-refractivity contribution >= 4 is 10.0 Å². The van der Waals surface area contributed by atoms with Gasteiger partial charge in [0.2, 0.25) is 10.0 Å². The third-order valence-corrected chi connectivity index (χ3v) is 4.74. The summed E-state index contributed by atoms with van der Waals surface area (Å²) in [6.45, 7) is 1.80. The summed E-state index contributed by atoms with van der Waals surface area (Å²) in [6, 6.07) is 11.0. The third-order valence-electron chi connectivity index (χ3n) is 3.20. The Morgan fingerprint density at radius 1 is 1.41 bits per heavy atom. The van der Waals surface area contributed by atoms with Crippen LogP contribution in [0.2, 0.25) is 0 Å². The summed E-state index contributed by atoms with van der Waals surface area (Å²) in [7, 11) is -3.39. The van der Waals surface area contributed by atoms with Gasteiger partial charge in [-0.2, -0.15) is 10.4 Å². The second-order valence-corrected chi connectivity index (χ2v) is 6.84. The zero-order valence-corrected chi connectivity index (χ0v) is 13.1. The highest BCUT2D eigenvalue weighted by Gasteiger charge is 2.16. The summed E-state index contributed by atoms with van der Waals surface area (Å²) in [5.74, 6) is -0.0379. The summed E-state index contributed by atoms with van der Waals surface area (Å²) >= 11 is 0. The SMILES string of the molecule is C[C@H](NS(=O)(=O)CCCC#N)c1cccc(-n2cccn2)c1. The van der Waals surface area contributed by atoms with Crippen LogP contribution in [0.25, 0.3) is 5.69 Å². The summed E-state index contributed by atoms with van der Waals surface area (Å²) in [5.41, 5.74) is 1.73. The Hall–Kier alpha value is -2.17. The molecule has 0 unspecified atom stereocenters. The van der Waals surface area contributed by atoms with Crippen LogP contribution in [-0.2, 0) is 10.0 Å². The number of nitrogens with one attached hydrogen (secondary N) is 1. The van der Waals surface area contributed by atoms with Crippen molar-refractivity contribution in [1.82, 2.24) is 14.5 Å². The molecule has 6 nitrogen and oxygen atoms in total. The minimum Gasteiger partial charge on any atom is -0.241 e. The fourth-order valence-electron chi connectivity index (χ4n) is 2.10. The van der Waals surface area contributed by atoms with Gasteiger partial charge in [-0.25, -0.2) is 17.8 Å². The average molecular weight is 318 g/mol. The number of sulfonamides is 1. The first kappa shape index (κ1) is 16.2. The van der Waals surface area contributed by atoms with Crippen molar-refractivity contribution in [1.29, 1.82) is 5.26 Å². The van der Waals surface area contributed by atoms with Gasteiger partial charge < -0.3 is 0 Å². The fourth-order valence-corrected chi connectivity index (χ4v) is 3.41. The molecule has 7 heteroatoms. The number of hydrogen-bond acceptors (Lipinski definition) is 4. The zero-order valence-electron chi connectivity index (χ0n) is 12.3. The molecule has 0 aliphatic carbocycles. The van der Waals surface area contributed by atoms with Crippen LogP contribution in [0.3, 0.4) is 0 Å². The van der Waals surface area contributed by atoms with Crippen LogP contribution in [0.4, 0.5) is 0 Å². The van der Waals surface area contributed by atoms with Gasteiger partial charge in [0.25, 0.3) is 0 Å². The van der Waals surface area contributed by atoms with Gasteiger partial charge in [0.15, 0.2) is 0 Å². The first-order chi connectivity index (χ1) is 10.5. The topological polar surface area (TPSA) is 87.8 Å². The molecule has 0 aliphatic rings. The van der Waals surface area contributed by atoms with Crippen LogP contribution in [0.15, 0.2) is 42.7 Å². The van der Waals surface area contributed by atoms with Gasteiger partial charge in [-0.3, -0.25) is 0 Å². The Bertz CT molecular complexity index is 748. The zero-order chi connectivity index (χ0) is 16.0. The number of nitrogens with zero attached hydrogens (tertiary/aromatic N) is 3. The van der Waals surface area contributed by atoms with E-state index in [1.165, 1.54) is 0 Å². The monoisotopic (exact) mass is 318 g/mol. The average Bonchev–Trinajstić information content (AvgIpc) is 3.01. The molecule has 22 heavy (non-hydrogen) atoms. The van der Waals surface area contributed by atoms with Crippen molar-refractivity contribution in [3.05, 3.63) is 48.3 Å². The lowest BCUT2D eigenvalue weighted by Gasteiger charge is -2.15. The van der Waals surface area contributed by atoms with Crippen LogP contribution < -0.4 is 4.72 Å². The van der Waals surface area contributed by atoms with Crippen molar-refractivity contribution in [3.63, 3.8) is 0 Å². The van der Waals surface area contributed by atoms with Crippen LogP contribution in [0.5, 0.6) is 0 Å². The second-order valence-electron chi connectivity index (χ2n) is 4.97. The molecule has 116 valence electrons. The lowest BCUT2D eigenvalue weighted by Crippen LogP contribution is -2.29. The molecule has 0 saturated heterocycles. The standard InChI is InChI=1S/C15H18N4O2S/c1-13(18-22(20,21)11-3-2-8-16)14-6-4-7-15(12-14)19-10-5-9-17-19/h4-7,9-10,12-13,18H,2-3,11H2,1H3/t13-/m0/s1. The highest BCUT2D eigenvalue weighted by atomic mass is 32.2. The van der Waals surface area contributed by atoms with Crippen molar-refractivity contribution in [2.45, 2.75) is 25.8 Å². The predicted octanol–water partition coefficient (Wildman–Crippen LogP) is 2.16. The van der Waals surface area contributed by atoms with E-state index in [1.54, 1.807) is 17.8 Å². The van der Waals surface area contributed by atoms with Gasteiger partial charge in [0.05, 0.1) is 17.5 Å². The van der Waals surface area contributed by atoms with E-state index >= 15 is 0 Å². The maximum absolute atomic E-state index is 12.0. The Morgan fingerprint density at radius 3 is 2.91 bits per heavy atom. The molecule has 0 amide bonds. The molecule has 0 saturated carbocycles. The summed E-state index contributed by atoms with van der Waals surface area (Å²) in [6.07, 6.45) is 4.10. The van der Waals surface area contributed by atoms with E-state index in [1.807, 2.05) is 42.6 Å². The molecule has 0 spiro atoms. The highest BCUT2D eigenvalue weighted by Crippen LogP contribution is 2.17. The van der Waals surface area contributed by atoms with E-state index in [9.17, 15) is 8.42 Å². The summed E-state index contributed by atoms with van der Waals surface area (Å²) in [4.78, 5) is 0. The van der Waals surface area contributed by atoms with Crippen molar-refractivity contribution in [3.8, 4) is 11.8 Å². The Morgan fingerprint density at radius 2 is 2.23 bits per heavy atom. The maximum atomic E-state index is 12.0. The van der Waals surface area contributed by atoms with Gasteiger partial charge in [0, 0.05) is 24.9 Å². The third kappa shape index (κ3) is 4.41. The number of rotatable bonds is 7. The fraction of sp³-hybridized carbons (Fsp3) is 0.333. The molecule has 1 atom stereocenters. The molecule has 1 heterocycles. The van der Waals surface area contributed by atoms with Crippen molar-refractivity contribution in [2.24, 2.45) is 0 Å². The normalized spacial score (nSPS) is 12.7. The van der Waals surface area contributed by atoms with E-state index in [4.69, 9.17) is 5.26 Å². The maximum Gasteiger partial charge on any atom is 0.212 e. The Balaban J connectivity index is 2.08. The molecule has 1 aromatic heterocycles. The van der Waals surface area contributed by atoms with Gasteiger partial charge in [-0.1, -0.05) is 12.1 Å². The van der Waals surface area contributed by atoms with Crippen molar-refractivity contribution < 1.29 is 8.42 Å². The molecule has 0 aliphatic heterocycles. The highest BCUT2D eigenvalue weighted by molar-refractivity contribution is 7.89. The van der Waals surface area contributed by atoms with Gasteiger partial charge >= 0.3 is 0 Å². The molecule has 2 rings (SSSR count).